The minimum absolute atomic E-state index is 0.0165. The van der Waals surface area contributed by atoms with E-state index in [-0.39, 0.29) is 28.4 Å². The molecule has 2 aromatic carbocycles. The predicted molar refractivity (Wildman–Crippen MR) is 96.8 cm³/mol. The highest BCUT2D eigenvalue weighted by molar-refractivity contribution is 7.92. The van der Waals surface area contributed by atoms with Gasteiger partial charge in [-0.15, -0.1) is 0 Å². The molecule has 0 aliphatic rings. The Morgan fingerprint density at radius 3 is 1.92 bits per heavy atom. The summed E-state index contributed by atoms with van der Waals surface area (Å²) in [4.78, 5) is 12.7. The molecule has 0 fully saturated rings. The van der Waals surface area contributed by atoms with Crippen molar-refractivity contribution < 1.29 is 13.2 Å². The maximum atomic E-state index is 12.5. The van der Waals surface area contributed by atoms with E-state index in [0.717, 1.165) is 5.56 Å². The minimum Gasteiger partial charge on any atom is -0.299 e. The van der Waals surface area contributed by atoms with Crippen molar-refractivity contribution in [3.05, 3.63) is 66.2 Å². The molecular formula is C20H24O3S. The van der Waals surface area contributed by atoms with Crippen LogP contribution in [0.3, 0.4) is 0 Å². The molecule has 0 unspecified atom stereocenters. The Balaban J connectivity index is 2.17. The van der Waals surface area contributed by atoms with E-state index in [1.807, 2.05) is 30.3 Å². The molecule has 0 saturated heterocycles. The number of carbonyl (C=O) groups is 1. The van der Waals surface area contributed by atoms with E-state index in [1.54, 1.807) is 18.2 Å². The normalized spacial score (nSPS) is 13.5. The van der Waals surface area contributed by atoms with Crippen LogP contribution in [0.1, 0.15) is 38.7 Å². The zero-order valence-electron chi connectivity index (χ0n) is 14.4. The van der Waals surface area contributed by atoms with Gasteiger partial charge in [-0.05, 0) is 29.0 Å². The van der Waals surface area contributed by atoms with Crippen molar-refractivity contribution in [2.45, 2.75) is 38.0 Å². The number of sulfone groups is 1. The number of rotatable bonds is 6. The fourth-order valence-electron chi connectivity index (χ4n) is 2.82. The molecule has 4 heteroatoms. The lowest BCUT2D eigenvalue weighted by molar-refractivity contribution is -0.117. The third kappa shape index (κ3) is 4.78. The smallest absolute Gasteiger partial charge is 0.185 e. The second-order valence-electron chi connectivity index (χ2n) is 7.14. The van der Waals surface area contributed by atoms with Gasteiger partial charge in [0.1, 0.15) is 11.5 Å². The molecule has 0 amide bonds. The number of hydrogen-bond donors (Lipinski definition) is 0. The summed E-state index contributed by atoms with van der Waals surface area (Å²) in [7, 11) is -3.58. The van der Waals surface area contributed by atoms with Crippen molar-refractivity contribution in [1.82, 2.24) is 0 Å². The molecule has 0 heterocycles. The van der Waals surface area contributed by atoms with Gasteiger partial charge >= 0.3 is 0 Å². The molecule has 0 aromatic heterocycles. The van der Waals surface area contributed by atoms with Gasteiger partial charge in [-0.1, -0.05) is 69.3 Å². The molecule has 0 N–H and O–H groups in total. The summed E-state index contributed by atoms with van der Waals surface area (Å²) in [6.45, 7) is 6.22. The summed E-state index contributed by atoms with van der Waals surface area (Å²) in [6, 6.07) is 18.0. The Kier molecular flexibility index (Phi) is 5.60. The van der Waals surface area contributed by atoms with E-state index in [9.17, 15) is 13.2 Å². The van der Waals surface area contributed by atoms with Crippen molar-refractivity contribution in [1.29, 1.82) is 0 Å². The van der Waals surface area contributed by atoms with Crippen LogP contribution in [-0.4, -0.2) is 20.0 Å². The largest absolute Gasteiger partial charge is 0.299 e. The third-order valence-corrected chi connectivity index (χ3v) is 5.82. The lowest BCUT2D eigenvalue weighted by Crippen LogP contribution is -2.25. The molecule has 1 atom stereocenters. The zero-order chi connectivity index (χ0) is 17.8. The van der Waals surface area contributed by atoms with E-state index in [1.165, 1.54) is 12.1 Å². The first-order valence-corrected chi connectivity index (χ1v) is 9.70. The Morgan fingerprint density at radius 2 is 1.42 bits per heavy atom. The molecule has 24 heavy (non-hydrogen) atoms. The number of carbonyl (C=O) groups excluding carboxylic acids is 1. The second kappa shape index (κ2) is 7.31. The molecule has 0 saturated carbocycles. The third-order valence-electron chi connectivity index (χ3n) is 4.13. The Morgan fingerprint density at radius 1 is 0.917 bits per heavy atom. The molecule has 0 aliphatic heterocycles. The van der Waals surface area contributed by atoms with Crippen LogP contribution in [0.5, 0.6) is 0 Å². The summed E-state index contributed by atoms with van der Waals surface area (Å²) in [5.41, 5.74) is 0.934. The summed E-state index contributed by atoms with van der Waals surface area (Å²) >= 11 is 0. The standard InChI is InChI=1S/C20H24O3S/c1-20(2,3)19(16-10-6-4-7-11-16)14-17(21)15-24(22,23)18-12-8-5-9-13-18/h4-13,19H,14-15H2,1-3H3/t19-/m0/s1. The van der Waals surface area contributed by atoms with Crippen LogP contribution in [0, 0.1) is 5.41 Å². The highest BCUT2D eigenvalue weighted by Gasteiger charge is 2.30. The second-order valence-corrected chi connectivity index (χ2v) is 9.13. The molecule has 2 aromatic rings. The van der Waals surface area contributed by atoms with Crippen LogP contribution < -0.4 is 0 Å². The van der Waals surface area contributed by atoms with Crippen LogP contribution in [-0.2, 0) is 14.6 Å². The van der Waals surface area contributed by atoms with Crippen LogP contribution in [0.25, 0.3) is 0 Å². The van der Waals surface area contributed by atoms with Crippen LogP contribution >= 0.6 is 0 Å². The van der Waals surface area contributed by atoms with Crippen molar-refractivity contribution >= 4 is 15.6 Å². The number of benzene rings is 2. The van der Waals surface area contributed by atoms with Crippen molar-refractivity contribution in [3.8, 4) is 0 Å². The van der Waals surface area contributed by atoms with E-state index < -0.39 is 15.6 Å². The first-order valence-electron chi connectivity index (χ1n) is 8.04. The monoisotopic (exact) mass is 344 g/mol. The molecule has 2 rings (SSSR count). The van der Waals surface area contributed by atoms with Gasteiger partial charge in [-0.25, -0.2) is 8.42 Å². The topological polar surface area (TPSA) is 51.2 Å². The van der Waals surface area contributed by atoms with Crippen LogP contribution in [0.4, 0.5) is 0 Å². The molecule has 0 aliphatic carbocycles. The molecule has 3 nitrogen and oxygen atoms in total. The van der Waals surface area contributed by atoms with E-state index in [2.05, 4.69) is 20.8 Å². The highest BCUT2D eigenvalue weighted by Crippen LogP contribution is 2.37. The fraction of sp³-hybridized carbons (Fsp3) is 0.350. The summed E-state index contributed by atoms with van der Waals surface area (Å²) in [5.74, 6) is -0.712. The van der Waals surface area contributed by atoms with Gasteiger partial charge in [-0.2, -0.15) is 0 Å². The predicted octanol–water partition coefficient (Wildman–Crippen LogP) is 4.25. The average Bonchev–Trinajstić information content (AvgIpc) is 2.53. The Bertz CT molecular complexity index is 773. The highest BCUT2D eigenvalue weighted by atomic mass is 32.2. The maximum absolute atomic E-state index is 12.5. The summed E-state index contributed by atoms with van der Waals surface area (Å²) < 4.78 is 24.8. The quantitative estimate of drug-likeness (QED) is 0.787. The molecular weight excluding hydrogens is 320 g/mol. The lowest BCUT2D eigenvalue weighted by Gasteiger charge is -2.30. The summed E-state index contributed by atoms with van der Waals surface area (Å²) in [5, 5.41) is 0. The molecule has 0 bridgehead atoms. The molecule has 0 spiro atoms. The van der Waals surface area contributed by atoms with E-state index >= 15 is 0 Å². The Labute approximate surface area is 144 Å². The Hall–Kier alpha value is -1.94. The van der Waals surface area contributed by atoms with Crippen LogP contribution in [0.15, 0.2) is 65.6 Å². The van der Waals surface area contributed by atoms with Crippen molar-refractivity contribution in [2.24, 2.45) is 5.41 Å². The number of Topliss-reactive ketones (excluding diaryl/α,β-unsaturated/α-hetero) is 1. The van der Waals surface area contributed by atoms with Gasteiger partial charge in [0.25, 0.3) is 0 Å². The maximum Gasteiger partial charge on any atom is 0.185 e. The van der Waals surface area contributed by atoms with E-state index in [4.69, 9.17) is 0 Å². The van der Waals surface area contributed by atoms with Crippen molar-refractivity contribution in [3.63, 3.8) is 0 Å². The first kappa shape index (κ1) is 18.4. The fourth-order valence-corrected chi connectivity index (χ4v) is 4.10. The molecule has 0 radical (unpaired) electrons. The summed E-state index contributed by atoms with van der Waals surface area (Å²) in [6.07, 6.45) is 0.222. The van der Waals surface area contributed by atoms with Gasteiger partial charge in [0.2, 0.25) is 0 Å². The van der Waals surface area contributed by atoms with Gasteiger partial charge < -0.3 is 0 Å². The first-order chi connectivity index (χ1) is 11.2. The average molecular weight is 344 g/mol. The minimum atomic E-state index is -3.58. The number of hydrogen-bond acceptors (Lipinski definition) is 3. The van der Waals surface area contributed by atoms with Gasteiger partial charge in [0.05, 0.1) is 4.90 Å². The SMILES string of the molecule is CC(C)(C)[C@@H](CC(=O)CS(=O)(=O)c1ccccc1)c1ccccc1. The van der Waals surface area contributed by atoms with Crippen molar-refractivity contribution in [2.75, 3.05) is 5.75 Å². The lowest BCUT2D eigenvalue weighted by atomic mass is 9.74. The number of ketones is 1. The van der Waals surface area contributed by atoms with Gasteiger partial charge in [0, 0.05) is 6.42 Å². The zero-order valence-corrected chi connectivity index (χ0v) is 15.2. The molecule has 128 valence electrons. The van der Waals surface area contributed by atoms with E-state index in [0.29, 0.717) is 0 Å². The van der Waals surface area contributed by atoms with Gasteiger partial charge in [-0.3, -0.25) is 4.79 Å². The van der Waals surface area contributed by atoms with Gasteiger partial charge in [0.15, 0.2) is 9.84 Å². The van der Waals surface area contributed by atoms with Crippen LogP contribution in [0.2, 0.25) is 0 Å².